The van der Waals surface area contributed by atoms with Gasteiger partial charge in [-0.05, 0) is 41.3 Å². The Bertz CT molecular complexity index is 1420. The minimum Gasteiger partial charge on any atom is -0.390 e. The number of aromatic amines is 2. The molecule has 4 aromatic rings. The lowest BCUT2D eigenvalue weighted by molar-refractivity contribution is 0.165. The van der Waals surface area contributed by atoms with Gasteiger partial charge in [0.25, 0.3) is 5.56 Å². The molecule has 154 valence electrons. The Hall–Kier alpha value is -2.94. The highest BCUT2D eigenvalue weighted by Gasteiger charge is 2.35. The maximum atomic E-state index is 12.6. The lowest BCUT2D eigenvalue weighted by Crippen LogP contribution is -2.38. The standard InChI is InChI=1S/C22H21N3O4S/c26-21-12-30(28,29)11-20(21)23-10-13-5-6-18-15(7-13)9-19(24-18)16-8-14-3-1-2-4-17(14)25-22(16)27/h1-9,20-21,23-24,26H,10-12H2,(H,25,27). The van der Waals surface area contributed by atoms with Gasteiger partial charge >= 0.3 is 0 Å². The molecule has 1 aliphatic rings. The third-order valence-electron chi connectivity index (χ3n) is 5.62. The fourth-order valence-electron chi connectivity index (χ4n) is 4.06. The van der Waals surface area contributed by atoms with E-state index in [1.165, 1.54) is 0 Å². The summed E-state index contributed by atoms with van der Waals surface area (Å²) in [6.07, 6.45) is -0.878. The van der Waals surface area contributed by atoms with Crippen LogP contribution < -0.4 is 10.9 Å². The Morgan fingerprint density at radius 1 is 0.967 bits per heavy atom. The van der Waals surface area contributed by atoms with Gasteiger partial charge in [0.2, 0.25) is 0 Å². The zero-order valence-electron chi connectivity index (χ0n) is 16.1. The molecule has 0 radical (unpaired) electrons. The van der Waals surface area contributed by atoms with E-state index in [1.54, 1.807) is 0 Å². The number of hydrogen-bond acceptors (Lipinski definition) is 5. The van der Waals surface area contributed by atoms with Crippen molar-refractivity contribution in [2.24, 2.45) is 0 Å². The van der Waals surface area contributed by atoms with Crippen molar-refractivity contribution in [3.05, 3.63) is 70.5 Å². The summed E-state index contributed by atoms with van der Waals surface area (Å²) in [6, 6.07) is 16.9. The molecule has 3 heterocycles. The lowest BCUT2D eigenvalue weighted by atomic mass is 10.1. The number of para-hydroxylation sites is 1. The second-order valence-corrected chi connectivity index (χ2v) is 9.99. The fourth-order valence-corrected chi connectivity index (χ4v) is 5.83. The average molecular weight is 423 g/mol. The highest BCUT2D eigenvalue weighted by Crippen LogP contribution is 2.25. The van der Waals surface area contributed by atoms with Crippen LogP contribution in [0.1, 0.15) is 5.56 Å². The first-order valence-corrected chi connectivity index (χ1v) is 11.6. The predicted molar refractivity (Wildman–Crippen MR) is 117 cm³/mol. The van der Waals surface area contributed by atoms with Gasteiger partial charge < -0.3 is 20.4 Å². The molecule has 0 aliphatic carbocycles. The maximum absolute atomic E-state index is 12.6. The van der Waals surface area contributed by atoms with Crippen LogP contribution in [0.2, 0.25) is 0 Å². The molecule has 8 heteroatoms. The van der Waals surface area contributed by atoms with Crippen molar-refractivity contribution in [3.63, 3.8) is 0 Å². The predicted octanol–water partition coefficient (Wildman–Crippen LogP) is 1.92. The van der Waals surface area contributed by atoms with E-state index in [0.717, 1.165) is 33.1 Å². The highest BCUT2D eigenvalue weighted by molar-refractivity contribution is 7.91. The van der Waals surface area contributed by atoms with Crippen molar-refractivity contribution in [2.45, 2.75) is 18.7 Å². The molecule has 0 amide bonds. The van der Waals surface area contributed by atoms with Crippen molar-refractivity contribution in [1.82, 2.24) is 15.3 Å². The SMILES string of the molecule is O=c1[nH]c2ccccc2cc1-c1cc2cc(CNC3CS(=O)(=O)CC3O)ccc2[nH]1. The number of H-pyrrole nitrogens is 2. The average Bonchev–Trinajstić information content (AvgIpc) is 3.24. The van der Waals surface area contributed by atoms with Gasteiger partial charge in [0.15, 0.2) is 9.84 Å². The van der Waals surface area contributed by atoms with Crippen molar-refractivity contribution >= 4 is 31.6 Å². The number of hydrogen-bond donors (Lipinski definition) is 4. The van der Waals surface area contributed by atoms with Gasteiger partial charge in [-0.25, -0.2) is 8.42 Å². The number of sulfone groups is 1. The van der Waals surface area contributed by atoms with E-state index < -0.39 is 22.0 Å². The molecule has 1 fully saturated rings. The van der Waals surface area contributed by atoms with Gasteiger partial charge in [0.1, 0.15) is 0 Å². The fraction of sp³-hybridized carbons (Fsp3) is 0.227. The van der Waals surface area contributed by atoms with Gasteiger partial charge in [-0.15, -0.1) is 0 Å². The zero-order valence-corrected chi connectivity index (χ0v) is 16.9. The molecule has 0 saturated carbocycles. The molecule has 1 aliphatic heterocycles. The first-order chi connectivity index (χ1) is 14.4. The van der Waals surface area contributed by atoms with E-state index in [4.69, 9.17) is 0 Å². The summed E-state index contributed by atoms with van der Waals surface area (Å²) in [4.78, 5) is 18.8. The molecule has 1 saturated heterocycles. The Morgan fingerprint density at radius 2 is 1.77 bits per heavy atom. The second-order valence-electron chi connectivity index (χ2n) is 7.84. The monoisotopic (exact) mass is 423 g/mol. The van der Waals surface area contributed by atoms with Crippen LogP contribution in [0.3, 0.4) is 0 Å². The van der Waals surface area contributed by atoms with Gasteiger partial charge in [-0.3, -0.25) is 4.79 Å². The van der Waals surface area contributed by atoms with Crippen LogP contribution in [0.5, 0.6) is 0 Å². The summed E-state index contributed by atoms with van der Waals surface area (Å²) in [7, 11) is -3.18. The van der Waals surface area contributed by atoms with E-state index >= 15 is 0 Å². The van der Waals surface area contributed by atoms with E-state index in [1.807, 2.05) is 54.6 Å². The van der Waals surface area contributed by atoms with E-state index in [2.05, 4.69) is 15.3 Å². The Kier molecular flexibility index (Phi) is 4.50. The third kappa shape index (κ3) is 3.54. The van der Waals surface area contributed by atoms with Gasteiger partial charge in [0.05, 0.1) is 28.9 Å². The topological polar surface area (TPSA) is 115 Å². The van der Waals surface area contributed by atoms with E-state index in [9.17, 15) is 18.3 Å². The smallest absolute Gasteiger partial charge is 0.257 e. The molecule has 5 rings (SSSR count). The molecule has 30 heavy (non-hydrogen) atoms. The normalized spacial score (nSPS) is 20.8. The van der Waals surface area contributed by atoms with Gasteiger partial charge in [-0.1, -0.05) is 24.3 Å². The van der Waals surface area contributed by atoms with Crippen LogP contribution in [0.15, 0.2) is 59.4 Å². The maximum Gasteiger partial charge on any atom is 0.257 e. The van der Waals surface area contributed by atoms with Crippen LogP contribution >= 0.6 is 0 Å². The van der Waals surface area contributed by atoms with Crippen molar-refractivity contribution in [1.29, 1.82) is 0 Å². The summed E-state index contributed by atoms with van der Waals surface area (Å²) in [5.74, 6) is -0.235. The first-order valence-electron chi connectivity index (χ1n) is 9.74. The van der Waals surface area contributed by atoms with Crippen LogP contribution in [0.4, 0.5) is 0 Å². The lowest BCUT2D eigenvalue weighted by Gasteiger charge is -2.14. The highest BCUT2D eigenvalue weighted by atomic mass is 32.2. The largest absolute Gasteiger partial charge is 0.390 e. The van der Waals surface area contributed by atoms with Gasteiger partial charge in [0, 0.05) is 29.0 Å². The number of pyridine rings is 1. The minimum atomic E-state index is -3.18. The van der Waals surface area contributed by atoms with Crippen molar-refractivity contribution in [2.75, 3.05) is 11.5 Å². The van der Waals surface area contributed by atoms with E-state index in [0.29, 0.717) is 12.1 Å². The van der Waals surface area contributed by atoms with Crippen LogP contribution in [0.25, 0.3) is 33.1 Å². The number of rotatable bonds is 4. The van der Waals surface area contributed by atoms with Gasteiger partial charge in [-0.2, -0.15) is 0 Å². The number of nitrogens with one attached hydrogen (secondary N) is 3. The quantitative estimate of drug-likeness (QED) is 0.400. The third-order valence-corrected chi connectivity index (χ3v) is 7.34. The Labute approximate surface area is 172 Å². The van der Waals surface area contributed by atoms with E-state index in [-0.39, 0.29) is 17.1 Å². The Balaban J connectivity index is 1.42. The molecule has 2 atom stereocenters. The Morgan fingerprint density at radius 3 is 2.57 bits per heavy atom. The summed E-state index contributed by atoms with van der Waals surface area (Å²) in [6.45, 7) is 0.449. The summed E-state index contributed by atoms with van der Waals surface area (Å²) in [5, 5.41) is 15.0. The molecular weight excluding hydrogens is 402 g/mol. The molecular formula is C22H21N3O4S. The number of aliphatic hydroxyl groups excluding tert-OH is 1. The zero-order chi connectivity index (χ0) is 20.9. The molecule has 2 unspecified atom stereocenters. The molecule has 2 aromatic carbocycles. The molecule has 7 nitrogen and oxygen atoms in total. The number of benzene rings is 2. The van der Waals surface area contributed by atoms with Crippen molar-refractivity contribution in [3.8, 4) is 11.3 Å². The van der Waals surface area contributed by atoms with Crippen LogP contribution in [-0.2, 0) is 16.4 Å². The minimum absolute atomic E-state index is 0.0462. The first kappa shape index (κ1) is 19.0. The summed E-state index contributed by atoms with van der Waals surface area (Å²) in [5.41, 5.74) is 3.83. The molecule has 0 spiro atoms. The molecule has 4 N–H and O–H groups in total. The molecule has 0 bridgehead atoms. The number of aliphatic hydroxyl groups is 1. The second kappa shape index (κ2) is 7.09. The summed E-state index contributed by atoms with van der Waals surface area (Å²) >= 11 is 0. The van der Waals surface area contributed by atoms with Crippen LogP contribution in [-0.4, -0.2) is 47.1 Å². The molecule has 2 aromatic heterocycles. The number of aromatic nitrogens is 2. The van der Waals surface area contributed by atoms with Crippen molar-refractivity contribution < 1.29 is 13.5 Å². The number of fused-ring (bicyclic) bond motifs is 2. The van der Waals surface area contributed by atoms with Crippen LogP contribution in [0, 0.1) is 0 Å². The summed E-state index contributed by atoms with van der Waals surface area (Å²) < 4.78 is 23.3.